The number of hydrogen-bond donors (Lipinski definition) is 1. The van der Waals surface area contributed by atoms with Crippen molar-refractivity contribution in [1.82, 2.24) is 9.88 Å². The van der Waals surface area contributed by atoms with E-state index in [1.165, 1.54) is 0 Å². The fourth-order valence-electron chi connectivity index (χ4n) is 3.51. The molecule has 0 spiro atoms. The molecule has 0 bridgehead atoms. The highest BCUT2D eigenvalue weighted by atomic mass is 35.5. The van der Waals surface area contributed by atoms with Crippen molar-refractivity contribution in [3.05, 3.63) is 53.6 Å². The van der Waals surface area contributed by atoms with Crippen LogP contribution in [0.2, 0.25) is 5.15 Å². The molecular formula is C21H22ClN3O3. The van der Waals surface area contributed by atoms with Crippen LogP contribution < -0.4 is 10.1 Å². The van der Waals surface area contributed by atoms with Gasteiger partial charge in [0.2, 0.25) is 5.91 Å². The molecule has 0 radical (unpaired) electrons. The fraction of sp³-hybridized carbons (Fsp3) is 0.333. The number of likely N-dealkylation sites (tertiary alicyclic amines) is 1. The molecule has 7 heteroatoms. The number of ether oxygens (including phenoxy) is 1. The quantitative estimate of drug-likeness (QED) is 0.624. The molecule has 3 aromatic rings. The summed E-state index contributed by atoms with van der Waals surface area (Å²) in [5, 5.41) is 4.69. The second-order valence-corrected chi connectivity index (χ2v) is 7.40. The zero-order valence-electron chi connectivity index (χ0n) is 15.7. The number of benzene rings is 1. The largest absolute Gasteiger partial charge is 0.491 e. The van der Waals surface area contributed by atoms with Crippen LogP contribution in [-0.2, 0) is 11.3 Å². The molecule has 4 rings (SSSR count). The van der Waals surface area contributed by atoms with Crippen molar-refractivity contribution < 1.29 is 13.9 Å². The van der Waals surface area contributed by atoms with Gasteiger partial charge < -0.3 is 19.4 Å². The lowest BCUT2D eigenvalue weighted by atomic mass is 10.1. The summed E-state index contributed by atoms with van der Waals surface area (Å²) >= 11 is 6.26. The molecule has 1 N–H and O–H groups in total. The third-order valence-electron chi connectivity index (χ3n) is 5.01. The van der Waals surface area contributed by atoms with Crippen LogP contribution in [0.5, 0.6) is 5.75 Å². The van der Waals surface area contributed by atoms with Crippen molar-refractivity contribution in [2.75, 3.05) is 25.0 Å². The average Bonchev–Trinajstić information content (AvgIpc) is 3.36. The Morgan fingerprint density at radius 3 is 3.04 bits per heavy atom. The van der Waals surface area contributed by atoms with Crippen LogP contribution in [0.4, 0.5) is 5.69 Å². The van der Waals surface area contributed by atoms with Gasteiger partial charge in [0.25, 0.3) is 0 Å². The van der Waals surface area contributed by atoms with E-state index in [0.717, 1.165) is 41.9 Å². The number of aromatic nitrogens is 1. The summed E-state index contributed by atoms with van der Waals surface area (Å²) in [5.74, 6) is 1.98. The normalized spacial score (nSPS) is 16.5. The Hall–Kier alpha value is -2.73. The zero-order valence-corrected chi connectivity index (χ0v) is 16.4. The Kier molecular flexibility index (Phi) is 5.39. The fourth-order valence-corrected chi connectivity index (χ4v) is 3.71. The molecule has 3 heterocycles. The molecule has 1 aromatic carbocycles. The molecule has 146 valence electrons. The zero-order chi connectivity index (χ0) is 19.5. The maximum atomic E-state index is 11.5. The predicted molar refractivity (Wildman–Crippen MR) is 109 cm³/mol. The topological polar surface area (TPSA) is 67.6 Å². The van der Waals surface area contributed by atoms with Crippen LogP contribution in [0.15, 0.2) is 47.1 Å². The third kappa shape index (κ3) is 4.07. The van der Waals surface area contributed by atoms with Gasteiger partial charge in [0.05, 0.1) is 19.4 Å². The summed E-state index contributed by atoms with van der Waals surface area (Å²) < 4.78 is 11.5. The van der Waals surface area contributed by atoms with Crippen molar-refractivity contribution >= 4 is 34.1 Å². The van der Waals surface area contributed by atoms with Crippen LogP contribution in [0.1, 0.15) is 19.1 Å². The minimum Gasteiger partial charge on any atom is -0.491 e. The molecular weight excluding hydrogens is 378 g/mol. The highest BCUT2D eigenvalue weighted by Gasteiger charge is 2.25. The number of rotatable bonds is 6. The SMILES string of the molecule is CC(=O)N1CCC(COc2cccc3c(NCc4ccco4)cc(Cl)nc23)C1. The van der Waals surface area contributed by atoms with E-state index in [-0.39, 0.29) is 5.91 Å². The predicted octanol–water partition coefficient (Wildman–Crippen LogP) is 4.34. The van der Waals surface area contributed by atoms with E-state index >= 15 is 0 Å². The molecule has 1 aliphatic rings. The summed E-state index contributed by atoms with van der Waals surface area (Å²) in [6, 6.07) is 11.4. The first-order chi connectivity index (χ1) is 13.6. The van der Waals surface area contributed by atoms with Crippen LogP contribution in [0.25, 0.3) is 10.9 Å². The number of furan rings is 1. The van der Waals surface area contributed by atoms with E-state index in [0.29, 0.717) is 30.0 Å². The number of hydrogen-bond acceptors (Lipinski definition) is 5. The van der Waals surface area contributed by atoms with Crippen LogP contribution in [0, 0.1) is 5.92 Å². The summed E-state index contributed by atoms with van der Waals surface area (Å²) in [6.07, 6.45) is 2.60. The number of amides is 1. The number of para-hydroxylation sites is 1. The Balaban J connectivity index is 1.52. The highest BCUT2D eigenvalue weighted by Crippen LogP contribution is 2.32. The number of pyridine rings is 1. The number of halogens is 1. The van der Waals surface area contributed by atoms with E-state index in [1.807, 2.05) is 35.2 Å². The number of nitrogens with one attached hydrogen (secondary N) is 1. The van der Waals surface area contributed by atoms with Crippen molar-refractivity contribution in [3.63, 3.8) is 0 Å². The molecule has 28 heavy (non-hydrogen) atoms. The van der Waals surface area contributed by atoms with Crippen LogP contribution in [0.3, 0.4) is 0 Å². The first-order valence-corrected chi connectivity index (χ1v) is 9.72. The van der Waals surface area contributed by atoms with Crippen molar-refractivity contribution in [2.45, 2.75) is 19.9 Å². The number of carbonyl (C=O) groups excluding carboxylic acids is 1. The van der Waals surface area contributed by atoms with Crippen molar-refractivity contribution in [2.24, 2.45) is 5.92 Å². The van der Waals surface area contributed by atoms with E-state index in [4.69, 9.17) is 20.8 Å². The molecule has 1 fully saturated rings. The smallest absolute Gasteiger partial charge is 0.219 e. The lowest BCUT2D eigenvalue weighted by Crippen LogP contribution is -2.26. The van der Waals surface area contributed by atoms with Crippen LogP contribution in [-0.4, -0.2) is 35.5 Å². The van der Waals surface area contributed by atoms with Gasteiger partial charge in [-0.05, 0) is 30.7 Å². The molecule has 1 amide bonds. The second kappa shape index (κ2) is 8.10. The second-order valence-electron chi connectivity index (χ2n) is 7.01. The molecule has 1 unspecified atom stereocenters. The van der Waals surface area contributed by atoms with Crippen molar-refractivity contribution in [3.8, 4) is 5.75 Å². The summed E-state index contributed by atoms with van der Waals surface area (Å²) in [7, 11) is 0. The Bertz CT molecular complexity index is 974. The van der Waals surface area contributed by atoms with Gasteiger partial charge >= 0.3 is 0 Å². The summed E-state index contributed by atoms with van der Waals surface area (Å²) in [5.41, 5.74) is 1.60. The monoisotopic (exact) mass is 399 g/mol. The molecule has 1 atom stereocenters. The van der Waals surface area contributed by atoms with Gasteiger partial charge in [-0.3, -0.25) is 4.79 Å². The van der Waals surface area contributed by atoms with Gasteiger partial charge in [0.15, 0.2) is 0 Å². The first kappa shape index (κ1) is 18.6. The van der Waals surface area contributed by atoms with Crippen LogP contribution >= 0.6 is 11.6 Å². The van der Waals surface area contributed by atoms with Gasteiger partial charge in [-0.1, -0.05) is 23.7 Å². The van der Waals surface area contributed by atoms with E-state index < -0.39 is 0 Å². The molecule has 0 saturated carbocycles. The van der Waals surface area contributed by atoms with E-state index in [1.54, 1.807) is 19.3 Å². The summed E-state index contributed by atoms with van der Waals surface area (Å²) in [4.78, 5) is 17.9. The minimum atomic E-state index is 0.119. The maximum absolute atomic E-state index is 11.5. The summed E-state index contributed by atoms with van der Waals surface area (Å²) in [6.45, 7) is 4.24. The lowest BCUT2D eigenvalue weighted by Gasteiger charge is -2.16. The Morgan fingerprint density at radius 1 is 1.39 bits per heavy atom. The Labute approximate surface area is 168 Å². The third-order valence-corrected chi connectivity index (χ3v) is 5.20. The van der Waals surface area contributed by atoms with Gasteiger partial charge in [0, 0.05) is 37.0 Å². The van der Waals surface area contributed by atoms with Gasteiger partial charge in [0.1, 0.15) is 22.2 Å². The molecule has 0 aliphatic carbocycles. The first-order valence-electron chi connectivity index (χ1n) is 9.34. The van der Waals surface area contributed by atoms with Gasteiger partial charge in [-0.15, -0.1) is 0 Å². The number of anilines is 1. The maximum Gasteiger partial charge on any atom is 0.219 e. The van der Waals surface area contributed by atoms with Gasteiger partial charge in [-0.2, -0.15) is 0 Å². The molecule has 2 aromatic heterocycles. The lowest BCUT2D eigenvalue weighted by molar-refractivity contribution is -0.127. The number of carbonyl (C=O) groups is 1. The van der Waals surface area contributed by atoms with E-state index in [2.05, 4.69) is 10.3 Å². The standard InChI is InChI=1S/C21H22ClN3O3/c1-14(26)25-8-7-15(12-25)13-28-19-6-2-5-17-18(10-20(22)24-21(17)19)23-11-16-4-3-9-27-16/h2-6,9-10,15H,7-8,11-13H2,1H3,(H,23,24). The highest BCUT2D eigenvalue weighted by molar-refractivity contribution is 6.30. The average molecular weight is 400 g/mol. The minimum absolute atomic E-state index is 0.119. The van der Waals surface area contributed by atoms with Crippen molar-refractivity contribution in [1.29, 1.82) is 0 Å². The Morgan fingerprint density at radius 2 is 2.29 bits per heavy atom. The molecule has 6 nitrogen and oxygen atoms in total. The molecule has 1 aliphatic heterocycles. The van der Waals surface area contributed by atoms with E-state index in [9.17, 15) is 4.79 Å². The molecule has 1 saturated heterocycles. The number of fused-ring (bicyclic) bond motifs is 1. The number of nitrogens with zero attached hydrogens (tertiary/aromatic N) is 2. The van der Waals surface area contributed by atoms with Gasteiger partial charge in [-0.25, -0.2) is 4.98 Å².